The van der Waals surface area contributed by atoms with E-state index in [2.05, 4.69) is 33.4 Å². The molecule has 11 heavy (non-hydrogen) atoms. The molecule has 0 spiro atoms. The molecule has 0 saturated heterocycles. The lowest BCUT2D eigenvalue weighted by molar-refractivity contribution is 0.553. The second-order valence-electron chi connectivity index (χ2n) is 3.04. The first kappa shape index (κ1) is 10.9. The summed E-state index contributed by atoms with van der Waals surface area (Å²) in [6.07, 6.45) is 3.13. The van der Waals surface area contributed by atoms with Crippen LogP contribution in [0, 0.1) is 5.92 Å². The summed E-state index contributed by atoms with van der Waals surface area (Å²) in [4.78, 5) is 1.05. The van der Waals surface area contributed by atoms with Crippen molar-refractivity contribution in [2.24, 2.45) is 11.7 Å². The summed E-state index contributed by atoms with van der Waals surface area (Å²) in [5, 5.41) is 0. The standard InChI is InChI=1S/C9H19NS/c1-4-7(3)6-8(10)9(11)5-2/h7,11H,4-6,10H2,1-3H3/b9-8-. The van der Waals surface area contributed by atoms with E-state index in [9.17, 15) is 0 Å². The molecule has 2 N–H and O–H groups in total. The molecule has 0 fully saturated rings. The molecule has 0 aromatic carbocycles. The van der Waals surface area contributed by atoms with Gasteiger partial charge >= 0.3 is 0 Å². The third kappa shape index (κ3) is 4.35. The van der Waals surface area contributed by atoms with E-state index in [0.717, 1.165) is 23.4 Å². The van der Waals surface area contributed by atoms with Crippen molar-refractivity contribution in [1.82, 2.24) is 0 Å². The molecular formula is C9H19NS. The highest BCUT2D eigenvalue weighted by Gasteiger charge is 2.02. The van der Waals surface area contributed by atoms with Gasteiger partial charge in [-0.2, -0.15) is 0 Å². The maximum Gasteiger partial charge on any atom is 0.0177 e. The molecule has 0 aliphatic rings. The molecule has 66 valence electrons. The lowest BCUT2D eigenvalue weighted by Crippen LogP contribution is -2.05. The summed E-state index contributed by atoms with van der Waals surface area (Å²) in [5.41, 5.74) is 6.77. The summed E-state index contributed by atoms with van der Waals surface area (Å²) in [6, 6.07) is 0. The minimum atomic E-state index is 0.684. The van der Waals surface area contributed by atoms with E-state index in [1.807, 2.05) is 0 Å². The van der Waals surface area contributed by atoms with E-state index in [1.54, 1.807) is 0 Å². The monoisotopic (exact) mass is 173 g/mol. The molecule has 0 amide bonds. The smallest absolute Gasteiger partial charge is 0.0177 e. The van der Waals surface area contributed by atoms with Gasteiger partial charge in [-0.05, 0) is 18.8 Å². The van der Waals surface area contributed by atoms with Gasteiger partial charge in [-0.3, -0.25) is 0 Å². The zero-order valence-electron chi connectivity index (χ0n) is 7.72. The molecule has 0 aliphatic carbocycles. The Balaban J connectivity index is 3.94. The Kier molecular flexibility index (Phi) is 5.47. The lowest BCUT2D eigenvalue weighted by Gasteiger charge is -2.10. The van der Waals surface area contributed by atoms with E-state index < -0.39 is 0 Å². The number of thiol groups is 1. The fourth-order valence-electron chi connectivity index (χ4n) is 0.865. The summed E-state index contributed by atoms with van der Waals surface area (Å²) in [6.45, 7) is 6.47. The molecule has 0 rings (SSSR count). The van der Waals surface area contributed by atoms with Crippen LogP contribution in [0.4, 0.5) is 0 Å². The van der Waals surface area contributed by atoms with E-state index in [-0.39, 0.29) is 0 Å². The Morgan fingerprint density at radius 3 is 2.36 bits per heavy atom. The van der Waals surface area contributed by atoms with Crippen molar-refractivity contribution < 1.29 is 0 Å². The van der Waals surface area contributed by atoms with E-state index >= 15 is 0 Å². The average molecular weight is 173 g/mol. The summed E-state index contributed by atoms with van der Waals surface area (Å²) < 4.78 is 0. The highest BCUT2D eigenvalue weighted by atomic mass is 32.1. The van der Waals surface area contributed by atoms with Crippen molar-refractivity contribution in [2.45, 2.75) is 40.0 Å². The van der Waals surface area contributed by atoms with Gasteiger partial charge in [0, 0.05) is 10.6 Å². The lowest BCUT2D eigenvalue weighted by atomic mass is 10.0. The van der Waals surface area contributed by atoms with Crippen LogP contribution in [0.15, 0.2) is 10.6 Å². The van der Waals surface area contributed by atoms with Crippen LogP contribution < -0.4 is 5.73 Å². The van der Waals surface area contributed by atoms with Crippen LogP contribution in [-0.2, 0) is 0 Å². The number of allylic oxidation sites excluding steroid dienone is 2. The molecule has 1 nitrogen and oxygen atoms in total. The van der Waals surface area contributed by atoms with Gasteiger partial charge in [-0.1, -0.05) is 27.2 Å². The van der Waals surface area contributed by atoms with E-state index in [0.29, 0.717) is 5.92 Å². The fraction of sp³-hybridized carbons (Fsp3) is 0.778. The number of hydrogen-bond acceptors (Lipinski definition) is 2. The van der Waals surface area contributed by atoms with Crippen LogP contribution in [0.5, 0.6) is 0 Å². The van der Waals surface area contributed by atoms with Crippen molar-refractivity contribution >= 4 is 12.6 Å². The summed E-state index contributed by atoms with van der Waals surface area (Å²) in [7, 11) is 0. The van der Waals surface area contributed by atoms with Crippen molar-refractivity contribution in [2.75, 3.05) is 0 Å². The molecular weight excluding hydrogens is 154 g/mol. The molecule has 2 heteroatoms. The van der Waals surface area contributed by atoms with Gasteiger partial charge in [-0.25, -0.2) is 0 Å². The zero-order chi connectivity index (χ0) is 8.85. The fourth-order valence-corrected chi connectivity index (χ4v) is 0.956. The molecule has 0 aromatic rings. The van der Waals surface area contributed by atoms with Gasteiger partial charge in [0.05, 0.1) is 0 Å². The van der Waals surface area contributed by atoms with Gasteiger partial charge in [-0.15, -0.1) is 12.6 Å². The molecule has 0 aromatic heterocycles. The van der Waals surface area contributed by atoms with Crippen molar-refractivity contribution in [3.63, 3.8) is 0 Å². The first-order valence-electron chi connectivity index (χ1n) is 4.28. The topological polar surface area (TPSA) is 26.0 Å². The summed E-state index contributed by atoms with van der Waals surface area (Å²) >= 11 is 4.29. The first-order valence-corrected chi connectivity index (χ1v) is 4.72. The Bertz CT molecular complexity index is 140. The Labute approximate surface area is 75.5 Å². The highest BCUT2D eigenvalue weighted by molar-refractivity contribution is 7.84. The minimum Gasteiger partial charge on any atom is -0.401 e. The number of rotatable bonds is 4. The number of hydrogen-bond donors (Lipinski definition) is 2. The van der Waals surface area contributed by atoms with Gasteiger partial charge in [0.2, 0.25) is 0 Å². The molecule has 0 aliphatic heterocycles. The third-order valence-corrected chi connectivity index (χ3v) is 2.57. The zero-order valence-corrected chi connectivity index (χ0v) is 8.62. The Hall–Kier alpha value is -0.110. The van der Waals surface area contributed by atoms with Crippen molar-refractivity contribution in [3.05, 3.63) is 10.6 Å². The second kappa shape index (κ2) is 5.53. The van der Waals surface area contributed by atoms with Crippen LogP contribution in [0.2, 0.25) is 0 Å². The van der Waals surface area contributed by atoms with Crippen LogP contribution >= 0.6 is 12.6 Å². The Morgan fingerprint density at radius 1 is 1.45 bits per heavy atom. The van der Waals surface area contributed by atoms with Crippen LogP contribution in [-0.4, -0.2) is 0 Å². The van der Waals surface area contributed by atoms with Crippen LogP contribution in [0.1, 0.15) is 40.0 Å². The average Bonchev–Trinajstić information content (AvgIpc) is 2.02. The first-order chi connectivity index (χ1) is 5.11. The van der Waals surface area contributed by atoms with Gasteiger partial charge in [0.15, 0.2) is 0 Å². The SMILES string of the molecule is CC/C(S)=C(/N)CC(C)CC. The predicted molar refractivity (Wildman–Crippen MR) is 54.6 cm³/mol. The molecule has 0 radical (unpaired) electrons. The maximum atomic E-state index is 5.81. The van der Waals surface area contributed by atoms with E-state index in [4.69, 9.17) is 5.73 Å². The van der Waals surface area contributed by atoms with Crippen molar-refractivity contribution in [3.8, 4) is 0 Å². The van der Waals surface area contributed by atoms with Gasteiger partial charge in [0.1, 0.15) is 0 Å². The van der Waals surface area contributed by atoms with Gasteiger partial charge < -0.3 is 5.73 Å². The largest absolute Gasteiger partial charge is 0.401 e. The van der Waals surface area contributed by atoms with Crippen LogP contribution in [0.25, 0.3) is 0 Å². The van der Waals surface area contributed by atoms with E-state index in [1.165, 1.54) is 6.42 Å². The molecule has 1 atom stereocenters. The minimum absolute atomic E-state index is 0.684. The Morgan fingerprint density at radius 2 is 2.00 bits per heavy atom. The second-order valence-corrected chi connectivity index (χ2v) is 3.58. The third-order valence-electron chi connectivity index (χ3n) is 1.97. The number of nitrogens with two attached hydrogens (primary N) is 1. The normalized spacial score (nSPS) is 16.0. The predicted octanol–water partition coefficient (Wildman–Crippen LogP) is 2.93. The molecule has 0 bridgehead atoms. The molecule has 0 heterocycles. The van der Waals surface area contributed by atoms with Gasteiger partial charge in [0.25, 0.3) is 0 Å². The molecule has 1 unspecified atom stereocenters. The van der Waals surface area contributed by atoms with Crippen LogP contribution in [0.3, 0.4) is 0 Å². The summed E-state index contributed by atoms with van der Waals surface area (Å²) in [5.74, 6) is 0.684. The highest BCUT2D eigenvalue weighted by Crippen LogP contribution is 2.17. The quantitative estimate of drug-likeness (QED) is 0.628. The molecule has 0 saturated carbocycles. The van der Waals surface area contributed by atoms with Crippen molar-refractivity contribution in [1.29, 1.82) is 0 Å². The maximum absolute atomic E-state index is 5.81.